The van der Waals surface area contributed by atoms with Gasteiger partial charge in [-0.2, -0.15) is 13.2 Å². The van der Waals surface area contributed by atoms with E-state index in [1.165, 1.54) is 15.9 Å². The second-order valence-corrected chi connectivity index (χ2v) is 10.5. The van der Waals surface area contributed by atoms with E-state index in [2.05, 4.69) is 27.6 Å². The molecule has 0 unspecified atom stereocenters. The molecule has 0 bridgehead atoms. The summed E-state index contributed by atoms with van der Waals surface area (Å²) in [5, 5.41) is 7.64. The number of aromatic nitrogens is 2. The van der Waals surface area contributed by atoms with E-state index in [-0.39, 0.29) is 18.5 Å². The molecule has 3 heterocycles. The first-order chi connectivity index (χ1) is 17.8. The number of piperidine rings is 1. The van der Waals surface area contributed by atoms with Crippen molar-refractivity contribution >= 4 is 33.8 Å². The molecule has 1 amide bonds. The maximum Gasteiger partial charge on any atom is 0.406 e. The highest BCUT2D eigenvalue weighted by molar-refractivity contribution is 7.15. The molecule has 0 radical (unpaired) electrons. The maximum atomic E-state index is 13.6. The van der Waals surface area contributed by atoms with Gasteiger partial charge >= 0.3 is 6.18 Å². The molecular formula is C27H28F3N5OS. The Bertz CT molecular complexity index is 1370. The number of alkyl halides is 3. The van der Waals surface area contributed by atoms with Gasteiger partial charge in [0.2, 0.25) is 0 Å². The van der Waals surface area contributed by atoms with Gasteiger partial charge in [0.1, 0.15) is 11.6 Å². The number of thiazole rings is 1. The number of likely N-dealkylation sites (tertiary alicyclic amines) is 1. The molecule has 10 heteroatoms. The quantitative estimate of drug-likeness (QED) is 0.321. The number of anilines is 1. The largest absolute Gasteiger partial charge is 0.406 e. The van der Waals surface area contributed by atoms with Crippen LogP contribution in [0.15, 0.2) is 60.8 Å². The maximum absolute atomic E-state index is 13.6. The number of hydrogen-bond acceptors (Lipinski definition) is 5. The summed E-state index contributed by atoms with van der Waals surface area (Å²) in [5.74, 6) is -0.216. The smallest absolute Gasteiger partial charge is 0.382 e. The molecule has 0 spiro atoms. The van der Waals surface area contributed by atoms with Gasteiger partial charge in [-0.1, -0.05) is 24.3 Å². The summed E-state index contributed by atoms with van der Waals surface area (Å²) < 4.78 is 42.2. The Morgan fingerprint density at radius 1 is 1.11 bits per heavy atom. The first-order valence-electron chi connectivity index (χ1n) is 12.2. The SMILES string of the molecule is CN1CCC(Nc2cccc3c2cc(-c2ncc(CNC(=O)c4ccccc4)s2)n3CC(F)(F)F)CC1. The van der Waals surface area contributed by atoms with Crippen LogP contribution in [0, 0.1) is 0 Å². The predicted octanol–water partition coefficient (Wildman–Crippen LogP) is 5.76. The number of carbonyl (C=O) groups is 1. The lowest BCUT2D eigenvalue weighted by Crippen LogP contribution is -2.36. The van der Waals surface area contributed by atoms with Crippen LogP contribution in [0.5, 0.6) is 0 Å². The Morgan fingerprint density at radius 2 is 1.86 bits per heavy atom. The van der Waals surface area contributed by atoms with E-state index in [0.717, 1.165) is 41.9 Å². The van der Waals surface area contributed by atoms with Crippen molar-refractivity contribution < 1.29 is 18.0 Å². The van der Waals surface area contributed by atoms with Crippen LogP contribution in [-0.2, 0) is 13.1 Å². The van der Waals surface area contributed by atoms with Gasteiger partial charge < -0.3 is 20.1 Å². The summed E-state index contributed by atoms with van der Waals surface area (Å²) in [5.41, 5.74) is 2.30. The Morgan fingerprint density at radius 3 is 2.59 bits per heavy atom. The fourth-order valence-corrected chi connectivity index (χ4v) is 5.55. The van der Waals surface area contributed by atoms with Crippen molar-refractivity contribution in [1.82, 2.24) is 19.8 Å². The fourth-order valence-electron chi connectivity index (χ4n) is 4.68. The summed E-state index contributed by atoms with van der Waals surface area (Å²) in [6.45, 7) is 1.10. The topological polar surface area (TPSA) is 62.2 Å². The highest BCUT2D eigenvalue weighted by atomic mass is 32.1. The molecule has 2 N–H and O–H groups in total. The van der Waals surface area contributed by atoms with Crippen molar-refractivity contribution in [2.24, 2.45) is 0 Å². The van der Waals surface area contributed by atoms with Crippen LogP contribution in [0.3, 0.4) is 0 Å². The van der Waals surface area contributed by atoms with Crippen molar-refractivity contribution in [2.45, 2.75) is 38.1 Å². The van der Waals surface area contributed by atoms with Crippen LogP contribution < -0.4 is 10.6 Å². The number of rotatable bonds is 7. The molecule has 2 aromatic carbocycles. The van der Waals surface area contributed by atoms with Crippen molar-refractivity contribution in [3.05, 3.63) is 71.2 Å². The molecule has 37 heavy (non-hydrogen) atoms. The summed E-state index contributed by atoms with van der Waals surface area (Å²) in [4.78, 5) is 19.8. The third kappa shape index (κ3) is 5.97. The molecule has 194 valence electrons. The average molecular weight is 528 g/mol. The number of hydrogen-bond donors (Lipinski definition) is 2. The van der Waals surface area contributed by atoms with E-state index < -0.39 is 12.7 Å². The number of carbonyl (C=O) groups excluding carboxylic acids is 1. The average Bonchev–Trinajstić information content (AvgIpc) is 3.49. The van der Waals surface area contributed by atoms with Gasteiger partial charge in [-0.05, 0) is 63.3 Å². The van der Waals surface area contributed by atoms with Crippen LogP contribution in [0.1, 0.15) is 28.1 Å². The standard InChI is InChI=1S/C27H28F3N5OS/c1-34-12-10-19(11-13-34)33-22-8-5-9-23-21(22)14-24(35(23)17-27(28,29)30)26-32-16-20(37-26)15-31-25(36)18-6-3-2-4-7-18/h2-9,14,16,19,33H,10-13,15,17H2,1H3,(H,31,36). The summed E-state index contributed by atoms with van der Waals surface area (Å²) in [6.07, 6.45) is -0.818. The number of amides is 1. The van der Waals surface area contributed by atoms with Gasteiger partial charge in [-0.25, -0.2) is 4.98 Å². The lowest BCUT2D eigenvalue weighted by molar-refractivity contribution is -0.139. The van der Waals surface area contributed by atoms with E-state index in [9.17, 15) is 18.0 Å². The minimum absolute atomic E-state index is 0.216. The molecule has 5 rings (SSSR count). The normalized spacial score (nSPS) is 15.2. The lowest BCUT2D eigenvalue weighted by Gasteiger charge is -2.30. The number of nitrogens with zero attached hydrogens (tertiary/aromatic N) is 3. The molecule has 4 aromatic rings. The fraction of sp³-hybridized carbons (Fsp3) is 0.333. The predicted molar refractivity (Wildman–Crippen MR) is 141 cm³/mol. The van der Waals surface area contributed by atoms with Crippen molar-refractivity contribution in [2.75, 3.05) is 25.5 Å². The second-order valence-electron chi connectivity index (χ2n) is 9.37. The Hall–Kier alpha value is -3.37. The van der Waals surface area contributed by atoms with Crippen LogP contribution in [0.25, 0.3) is 21.6 Å². The van der Waals surface area contributed by atoms with Crippen molar-refractivity contribution in [1.29, 1.82) is 0 Å². The van der Waals surface area contributed by atoms with Gasteiger partial charge in [0, 0.05) is 33.8 Å². The monoisotopic (exact) mass is 527 g/mol. The van der Waals surface area contributed by atoms with Gasteiger partial charge in [0.05, 0.1) is 17.8 Å². The van der Waals surface area contributed by atoms with Crippen LogP contribution >= 0.6 is 11.3 Å². The third-order valence-corrected chi connectivity index (χ3v) is 7.61. The van der Waals surface area contributed by atoms with Crippen LogP contribution in [0.2, 0.25) is 0 Å². The summed E-state index contributed by atoms with van der Waals surface area (Å²) in [6, 6.07) is 16.4. The van der Waals surface area contributed by atoms with Gasteiger partial charge in [0.25, 0.3) is 5.91 Å². The molecule has 0 saturated carbocycles. The van der Waals surface area contributed by atoms with E-state index in [0.29, 0.717) is 21.8 Å². The zero-order valence-corrected chi connectivity index (χ0v) is 21.2. The summed E-state index contributed by atoms with van der Waals surface area (Å²) >= 11 is 1.28. The molecule has 0 atom stereocenters. The molecular weight excluding hydrogens is 499 g/mol. The number of benzene rings is 2. The minimum atomic E-state index is -4.39. The molecule has 2 aromatic heterocycles. The number of halogens is 3. The van der Waals surface area contributed by atoms with E-state index >= 15 is 0 Å². The molecule has 0 aliphatic carbocycles. The number of nitrogens with one attached hydrogen (secondary N) is 2. The van der Waals surface area contributed by atoms with Gasteiger partial charge in [-0.15, -0.1) is 11.3 Å². The molecule has 1 saturated heterocycles. The van der Waals surface area contributed by atoms with Gasteiger partial charge in [0.15, 0.2) is 0 Å². The Balaban J connectivity index is 1.42. The molecule has 1 aliphatic heterocycles. The highest BCUT2D eigenvalue weighted by Crippen LogP contribution is 2.37. The van der Waals surface area contributed by atoms with E-state index in [1.807, 2.05) is 12.1 Å². The highest BCUT2D eigenvalue weighted by Gasteiger charge is 2.31. The number of fused-ring (bicyclic) bond motifs is 1. The first-order valence-corrected chi connectivity index (χ1v) is 13.0. The Labute approximate surface area is 217 Å². The zero-order valence-electron chi connectivity index (χ0n) is 20.4. The molecule has 1 aliphatic rings. The van der Waals surface area contributed by atoms with E-state index in [1.54, 1.807) is 48.7 Å². The van der Waals surface area contributed by atoms with Crippen molar-refractivity contribution in [3.8, 4) is 10.7 Å². The third-order valence-electron chi connectivity index (χ3n) is 6.59. The summed E-state index contributed by atoms with van der Waals surface area (Å²) in [7, 11) is 2.09. The van der Waals surface area contributed by atoms with E-state index in [4.69, 9.17) is 0 Å². The van der Waals surface area contributed by atoms with Gasteiger partial charge in [-0.3, -0.25) is 4.79 Å². The van der Waals surface area contributed by atoms with Crippen LogP contribution in [-0.4, -0.2) is 52.7 Å². The second kappa shape index (κ2) is 10.5. The lowest BCUT2D eigenvalue weighted by atomic mass is 10.0. The first kappa shape index (κ1) is 25.3. The van der Waals surface area contributed by atoms with Crippen molar-refractivity contribution in [3.63, 3.8) is 0 Å². The minimum Gasteiger partial charge on any atom is -0.382 e. The Kier molecular flexibility index (Phi) is 7.21. The molecule has 6 nitrogen and oxygen atoms in total. The zero-order chi connectivity index (χ0) is 26.0. The van der Waals surface area contributed by atoms with Crippen LogP contribution in [0.4, 0.5) is 18.9 Å². The molecule has 1 fully saturated rings.